The fourth-order valence-corrected chi connectivity index (χ4v) is 3.52. The van der Waals surface area contributed by atoms with Gasteiger partial charge in [-0.3, -0.25) is 9.59 Å². The van der Waals surface area contributed by atoms with Gasteiger partial charge in [-0.2, -0.15) is 0 Å². The van der Waals surface area contributed by atoms with E-state index in [4.69, 9.17) is 18.1 Å². The van der Waals surface area contributed by atoms with E-state index < -0.39 is 5.91 Å². The molecule has 1 fully saturated rings. The Hall–Kier alpha value is -1.70. The van der Waals surface area contributed by atoms with Gasteiger partial charge in [0.25, 0.3) is 11.8 Å². The number of rotatable bonds is 1. The van der Waals surface area contributed by atoms with Crippen molar-refractivity contribution < 1.29 is 9.59 Å². The lowest BCUT2D eigenvalue weighted by Crippen LogP contribution is -2.35. The van der Waals surface area contributed by atoms with E-state index >= 15 is 0 Å². The zero-order valence-electron chi connectivity index (χ0n) is 10.6. The number of carbonyl (C=O) groups is 2. The molecule has 1 saturated heterocycles. The van der Waals surface area contributed by atoms with Crippen LogP contribution in [0, 0.1) is 0 Å². The van der Waals surface area contributed by atoms with E-state index in [-0.39, 0.29) is 10.2 Å². The molecule has 102 valence electrons. The Morgan fingerprint density at radius 2 is 1.95 bits per heavy atom. The summed E-state index contributed by atoms with van der Waals surface area (Å²) in [4.78, 5) is 26.6. The largest absolute Gasteiger partial charge is 0.308 e. The minimum Gasteiger partial charge on any atom is -0.308 e. The number of para-hydroxylation sites is 1. The van der Waals surface area contributed by atoms with E-state index in [1.807, 2.05) is 31.2 Å². The Morgan fingerprint density at radius 3 is 2.55 bits per heavy atom. The summed E-state index contributed by atoms with van der Waals surface area (Å²) in [7, 11) is 0. The van der Waals surface area contributed by atoms with Crippen LogP contribution in [-0.2, 0) is 9.59 Å². The lowest BCUT2D eigenvalue weighted by molar-refractivity contribution is -0.122. The average molecular weight is 305 g/mol. The van der Waals surface area contributed by atoms with Gasteiger partial charge in [-0.05, 0) is 13.0 Å². The number of hydrogen-bond donors (Lipinski definition) is 1. The van der Waals surface area contributed by atoms with Crippen LogP contribution in [0.3, 0.4) is 0 Å². The van der Waals surface area contributed by atoms with Gasteiger partial charge in [0.15, 0.2) is 4.32 Å². The lowest BCUT2D eigenvalue weighted by Gasteiger charge is -2.13. The van der Waals surface area contributed by atoms with Crippen LogP contribution >= 0.6 is 24.0 Å². The number of nitrogens with two attached hydrogens (primary N) is 1. The molecule has 0 spiro atoms. The predicted octanol–water partition coefficient (Wildman–Crippen LogP) is 1.50. The molecule has 0 aromatic heterocycles. The molecule has 20 heavy (non-hydrogen) atoms. The van der Waals surface area contributed by atoms with Gasteiger partial charge in [-0.15, -0.1) is 0 Å². The van der Waals surface area contributed by atoms with E-state index in [2.05, 4.69) is 0 Å². The van der Waals surface area contributed by atoms with Crippen molar-refractivity contribution in [3.8, 4) is 0 Å². The minimum absolute atomic E-state index is 0.178. The molecule has 0 aliphatic carbocycles. The number of amides is 2. The number of anilines is 1. The summed E-state index contributed by atoms with van der Waals surface area (Å²) in [6.07, 6.45) is 0. The maximum Gasteiger partial charge on any atom is 0.281 e. The molecule has 2 aliphatic heterocycles. The van der Waals surface area contributed by atoms with Crippen molar-refractivity contribution in [2.24, 2.45) is 5.84 Å². The number of thioether (sulfide) groups is 1. The third-order valence-electron chi connectivity index (χ3n) is 3.27. The fraction of sp³-hybridized carbons (Fsp3) is 0.154. The topological polar surface area (TPSA) is 66.6 Å². The van der Waals surface area contributed by atoms with E-state index in [1.54, 1.807) is 4.90 Å². The number of likely N-dealkylation sites (N-methyl/N-ethyl adjacent to an activating group) is 1. The molecule has 1 aromatic carbocycles. The third kappa shape index (κ3) is 1.71. The highest BCUT2D eigenvalue weighted by Crippen LogP contribution is 2.43. The molecule has 0 unspecified atom stereocenters. The summed E-state index contributed by atoms with van der Waals surface area (Å²) in [5.74, 6) is 4.98. The van der Waals surface area contributed by atoms with Crippen LogP contribution in [0.5, 0.6) is 0 Å². The molecule has 0 saturated carbocycles. The first-order chi connectivity index (χ1) is 9.56. The molecular weight excluding hydrogens is 294 g/mol. The van der Waals surface area contributed by atoms with Crippen molar-refractivity contribution in [1.82, 2.24) is 5.01 Å². The summed E-state index contributed by atoms with van der Waals surface area (Å²) >= 11 is 6.08. The SMILES string of the molecule is CCN1C(=O)/C(=C2\SC(=S)N(N)C2=O)c2ccccc21. The molecular formula is C13H11N3O2S2. The molecule has 2 aliphatic rings. The van der Waals surface area contributed by atoms with E-state index in [0.717, 1.165) is 28.0 Å². The number of benzene rings is 1. The zero-order chi connectivity index (χ0) is 14.4. The van der Waals surface area contributed by atoms with E-state index in [9.17, 15) is 9.59 Å². The summed E-state index contributed by atoms with van der Waals surface area (Å²) in [6, 6.07) is 7.41. The Morgan fingerprint density at radius 1 is 1.25 bits per heavy atom. The third-order valence-corrected chi connectivity index (χ3v) is 4.67. The first-order valence-electron chi connectivity index (χ1n) is 6.02. The van der Waals surface area contributed by atoms with Crippen LogP contribution in [0.4, 0.5) is 5.69 Å². The highest BCUT2D eigenvalue weighted by atomic mass is 32.2. The smallest absolute Gasteiger partial charge is 0.281 e. The van der Waals surface area contributed by atoms with Crippen molar-refractivity contribution in [1.29, 1.82) is 0 Å². The first-order valence-corrected chi connectivity index (χ1v) is 7.25. The van der Waals surface area contributed by atoms with Gasteiger partial charge in [-0.1, -0.05) is 42.2 Å². The average Bonchev–Trinajstić information content (AvgIpc) is 2.87. The van der Waals surface area contributed by atoms with Crippen LogP contribution in [0.2, 0.25) is 0 Å². The van der Waals surface area contributed by atoms with Crippen LogP contribution in [0.1, 0.15) is 12.5 Å². The second-order valence-electron chi connectivity index (χ2n) is 4.31. The Balaban J connectivity index is 2.23. The Labute approximate surface area is 125 Å². The fourth-order valence-electron chi connectivity index (χ4n) is 2.34. The molecule has 7 heteroatoms. The van der Waals surface area contributed by atoms with E-state index in [1.165, 1.54) is 0 Å². The monoisotopic (exact) mass is 305 g/mol. The van der Waals surface area contributed by atoms with Gasteiger partial charge in [-0.25, -0.2) is 10.9 Å². The van der Waals surface area contributed by atoms with Crippen LogP contribution < -0.4 is 10.7 Å². The summed E-state index contributed by atoms with van der Waals surface area (Å²) in [6.45, 7) is 2.44. The van der Waals surface area contributed by atoms with Crippen LogP contribution in [0.15, 0.2) is 29.2 Å². The number of nitrogens with zero attached hydrogens (tertiary/aromatic N) is 2. The van der Waals surface area contributed by atoms with Gasteiger partial charge < -0.3 is 4.90 Å². The molecule has 5 nitrogen and oxygen atoms in total. The van der Waals surface area contributed by atoms with E-state index in [0.29, 0.717) is 17.0 Å². The quantitative estimate of drug-likeness (QED) is 0.369. The summed E-state index contributed by atoms with van der Waals surface area (Å²) in [5, 5.41) is 0.910. The maximum atomic E-state index is 12.5. The number of hydrazine groups is 1. The molecule has 0 radical (unpaired) electrons. The lowest BCUT2D eigenvalue weighted by atomic mass is 10.1. The minimum atomic E-state index is -0.420. The molecule has 0 bridgehead atoms. The first kappa shape index (κ1) is 13.3. The summed E-state index contributed by atoms with van der Waals surface area (Å²) in [5.41, 5.74) is 1.97. The standard InChI is InChI=1S/C13H11N3O2S2/c1-2-15-8-6-4-3-5-7(8)9(11(15)17)10-12(18)16(14)13(19)20-10/h3-6H,2,14H2,1H3/b10-9-. The van der Waals surface area contributed by atoms with Gasteiger partial charge >= 0.3 is 0 Å². The van der Waals surface area contributed by atoms with Crippen molar-refractivity contribution in [3.63, 3.8) is 0 Å². The van der Waals surface area contributed by atoms with Crippen molar-refractivity contribution in [2.75, 3.05) is 11.4 Å². The second kappa shape index (κ2) is 4.69. The van der Waals surface area contributed by atoms with Gasteiger partial charge in [0, 0.05) is 12.1 Å². The predicted molar refractivity (Wildman–Crippen MR) is 82.6 cm³/mol. The normalized spacial score (nSPS) is 22.0. The van der Waals surface area contributed by atoms with Gasteiger partial charge in [0.2, 0.25) is 0 Å². The van der Waals surface area contributed by atoms with Crippen molar-refractivity contribution in [2.45, 2.75) is 6.92 Å². The molecule has 1 aromatic rings. The maximum absolute atomic E-state index is 12.5. The van der Waals surface area contributed by atoms with Crippen LogP contribution in [-0.4, -0.2) is 27.7 Å². The highest BCUT2D eigenvalue weighted by molar-refractivity contribution is 8.26. The Kier molecular flexibility index (Phi) is 3.12. The van der Waals surface area contributed by atoms with Crippen molar-refractivity contribution >= 4 is 51.4 Å². The zero-order valence-corrected chi connectivity index (χ0v) is 12.3. The second-order valence-corrected chi connectivity index (χ2v) is 5.96. The molecule has 2 amide bonds. The number of carbonyl (C=O) groups excluding carboxylic acids is 2. The van der Waals surface area contributed by atoms with Crippen LogP contribution in [0.25, 0.3) is 5.57 Å². The summed E-state index contributed by atoms with van der Waals surface area (Å²) < 4.78 is 0.262. The number of thiocarbonyl (C=S) groups is 1. The van der Waals surface area contributed by atoms with Gasteiger partial charge in [0.05, 0.1) is 16.2 Å². The van der Waals surface area contributed by atoms with Crippen molar-refractivity contribution in [3.05, 3.63) is 34.7 Å². The molecule has 3 rings (SSSR count). The number of fused-ring (bicyclic) bond motifs is 1. The Bertz CT molecular complexity index is 684. The molecule has 2 heterocycles. The highest BCUT2D eigenvalue weighted by Gasteiger charge is 2.40. The number of hydrogen-bond acceptors (Lipinski definition) is 5. The van der Waals surface area contributed by atoms with Gasteiger partial charge in [0.1, 0.15) is 0 Å². The molecule has 0 atom stereocenters. The molecule has 2 N–H and O–H groups in total.